The van der Waals surface area contributed by atoms with Gasteiger partial charge in [0.05, 0.1) is 12.2 Å². The zero-order valence-electron chi connectivity index (χ0n) is 10.8. The molecule has 1 aliphatic heterocycles. The first kappa shape index (κ1) is 12.0. The van der Waals surface area contributed by atoms with Gasteiger partial charge in [-0.05, 0) is 62.7 Å². The standard InChI is InChI=1S/C15H26O2/c16-14(9-3-5-11-6-4-10-17-11)15-12-7-1-2-8-13(12)15/h11-16H,1-10H2. The normalized spacial score (nSPS) is 42.2. The van der Waals surface area contributed by atoms with Crippen LogP contribution in [0.4, 0.5) is 0 Å². The lowest BCUT2D eigenvalue weighted by molar-refractivity contribution is 0.0887. The molecule has 0 bridgehead atoms. The fourth-order valence-corrected chi connectivity index (χ4v) is 4.24. The van der Waals surface area contributed by atoms with E-state index in [2.05, 4.69) is 0 Å². The minimum Gasteiger partial charge on any atom is -0.393 e. The molecule has 2 aliphatic carbocycles. The Morgan fingerprint density at radius 3 is 2.47 bits per heavy atom. The summed E-state index contributed by atoms with van der Waals surface area (Å²) in [5.41, 5.74) is 0. The third-order valence-electron chi connectivity index (χ3n) is 5.22. The molecule has 98 valence electrons. The number of aliphatic hydroxyl groups excluding tert-OH is 1. The lowest BCUT2D eigenvalue weighted by atomic mass is 10.0. The topological polar surface area (TPSA) is 29.5 Å². The van der Waals surface area contributed by atoms with Crippen molar-refractivity contribution in [1.82, 2.24) is 0 Å². The molecule has 4 unspecified atom stereocenters. The van der Waals surface area contributed by atoms with Gasteiger partial charge >= 0.3 is 0 Å². The first-order valence-corrected chi connectivity index (χ1v) is 7.66. The van der Waals surface area contributed by atoms with E-state index < -0.39 is 0 Å². The molecule has 3 aliphatic rings. The number of ether oxygens (including phenoxy) is 1. The number of aliphatic hydroxyl groups is 1. The highest BCUT2D eigenvalue weighted by molar-refractivity contribution is 5.02. The summed E-state index contributed by atoms with van der Waals surface area (Å²) in [4.78, 5) is 0. The monoisotopic (exact) mass is 238 g/mol. The SMILES string of the molecule is OC(CCCC1CCCO1)C1C2CCCCC21. The average Bonchev–Trinajstić information content (AvgIpc) is 2.85. The predicted octanol–water partition coefficient (Wildman–Crippen LogP) is 3.13. The third kappa shape index (κ3) is 2.68. The lowest BCUT2D eigenvalue weighted by Gasteiger charge is -2.12. The first-order chi connectivity index (χ1) is 8.36. The maximum absolute atomic E-state index is 10.3. The molecule has 4 atom stereocenters. The van der Waals surface area contributed by atoms with Gasteiger partial charge < -0.3 is 9.84 Å². The minimum atomic E-state index is -0.00972. The number of hydrogen-bond acceptors (Lipinski definition) is 2. The molecule has 0 aromatic carbocycles. The van der Waals surface area contributed by atoms with Crippen LogP contribution in [0.25, 0.3) is 0 Å². The van der Waals surface area contributed by atoms with Crippen molar-refractivity contribution in [2.75, 3.05) is 6.61 Å². The van der Waals surface area contributed by atoms with Crippen LogP contribution in [0.3, 0.4) is 0 Å². The Kier molecular flexibility index (Phi) is 3.72. The number of rotatable bonds is 5. The highest BCUT2D eigenvalue weighted by atomic mass is 16.5. The molecule has 2 heteroatoms. The van der Waals surface area contributed by atoms with Crippen LogP contribution in [0.15, 0.2) is 0 Å². The smallest absolute Gasteiger partial charge is 0.0576 e. The summed E-state index contributed by atoms with van der Waals surface area (Å²) >= 11 is 0. The van der Waals surface area contributed by atoms with Gasteiger partial charge in [0.25, 0.3) is 0 Å². The van der Waals surface area contributed by atoms with E-state index in [0.717, 1.165) is 31.3 Å². The van der Waals surface area contributed by atoms with Crippen molar-refractivity contribution < 1.29 is 9.84 Å². The van der Waals surface area contributed by atoms with Crippen LogP contribution in [0.5, 0.6) is 0 Å². The molecule has 1 N–H and O–H groups in total. The van der Waals surface area contributed by atoms with E-state index in [-0.39, 0.29) is 6.10 Å². The maximum atomic E-state index is 10.3. The van der Waals surface area contributed by atoms with Crippen LogP contribution < -0.4 is 0 Å². The number of hydrogen-bond donors (Lipinski definition) is 1. The van der Waals surface area contributed by atoms with E-state index in [1.54, 1.807) is 0 Å². The van der Waals surface area contributed by atoms with Gasteiger partial charge in [0.15, 0.2) is 0 Å². The second-order valence-electron chi connectivity index (χ2n) is 6.32. The highest BCUT2D eigenvalue weighted by Crippen LogP contribution is 2.57. The maximum Gasteiger partial charge on any atom is 0.0576 e. The van der Waals surface area contributed by atoms with Crippen LogP contribution in [0, 0.1) is 17.8 Å². The van der Waals surface area contributed by atoms with Gasteiger partial charge in [0.2, 0.25) is 0 Å². The van der Waals surface area contributed by atoms with Crippen LogP contribution in [0.2, 0.25) is 0 Å². The Morgan fingerprint density at radius 2 is 1.82 bits per heavy atom. The van der Waals surface area contributed by atoms with Gasteiger partial charge in [0, 0.05) is 6.61 Å². The van der Waals surface area contributed by atoms with Gasteiger partial charge in [0.1, 0.15) is 0 Å². The summed E-state index contributed by atoms with van der Waals surface area (Å²) in [5.74, 6) is 2.45. The second kappa shape index (κ2) is 5.27. The molecule has 1 saturated heterocycles. The van der Waals surface area contributed by atoms with Crippen molar-refractivity contribution in [1.29, 1.82) is 0 Å². The fourth-order valence-electron chi connectivity index (χ4n) is 4.24. The molecule has 0 spiro atoms. The van der Waals surface area contributed by atoms with E-state index in [1.807, 2.05) is 0 Å². The zero-order chi connectivity index (χ0) is 11.7. The molecule has 2 nitrogen and oxygen atoms in total. The van der Waals surface area contributed by atoms with Gasteiger partial charge in [-0.25, -0.2) is 0 Å². The van der Waals surface area contributed by atoms with Gasteiger partial charge in [-0.3, -0.25) is 0 Å². The fraction of sp³-hybridized carbons (Fsp3) is 1.00. The molecule has 3 rings (SSSR count). The van der Waals surface area contributed by atoms with Crippen molar-refractivity contribution in [2.24, 2.45) is 17.8 Å². The Morgan fingerprint density at radius 1 is 1.06 bits per heavy atom. The van der Waals surface area contributed by atoms with E-state index in [4.69, 9.17) is 4.74 Å². The van der Waals surface area contributed by atoms with Crippen molar-refractivity contribution >= 4 is 0 Å². The Labute approximate surface area is 105 Å². The molecule has 0 radical (unpaired) electrons. The van der Waals surface area contributed by atoms with E-state index in [9.17, 15) is 5.11 Å². The van der Waals surface area contributed by atoms with Crippen molar-refractivity contribution in [3.8, 4) is 0 Å². The molecule has 0 amide bonds. The lowest BCUT2D eigenvalue weighted by Crippen LogP contribution is -2.13. The highest BCUT2D eigenvalue weighted by Gasteiger charge is 2.53. The largest absolute Gasteiger partial charge is 0.393 e. The van der Waals surface area contributed by atoms with E-state index in [0.29, 0.717) is 12.0 Å². The van der Waals surface area contributed by atoms with Gasteiger partial charge in [-0.1, -0.05) is 12.8 Å². The summed E-state index contributed by atoms with van der Waals surface area (Å²) in [6.45, 7) is 0.958. The van der Waals surface area contributed by atoms with E-state index >= 15 is 0 Å². The minimum absolute atomic E-state index is 0.00972. The molecular formula is C15H26O2. The Bertz CT molecular complexity index is 235. The molecular weight excluding hydrogens is 212 g/mol. The molecule has 0 aromatic heterocycles. The molecule has 2 saturated carbocycles. The Balaban J connectivity index is 1.34. The molecule has 3 fully saturated rings. The van der Waals surface area contributed by atoms with Gasteiger partial charge in [-0.2, -0.15) is 0 Å². The molecule has 1 heterocycles. The summed E-state index contributed by atoms with van der Waals surface area (Å²) in [6, 6.07) is 0. The Hall–Kier alpha value is -0.0800. The van der Waals surface area contributed by atoms with Crippen LogP contribution in [0.1, 0.15) is 57.8 Å². The third-order valence-corrected chi connectivity index (χ3v) is 5.22. The second-order valence-corrected chi connectivity index (χ2v) is 6.32. The summed E-state index contributed by atoms with van der Waals surface area (Å²) in [5, 5.41) is 10.3. The average molecular weight is 238 g/mol. The summed E-state index contributed by atoms with van der Waals surface area (Å²) < 4.78 is 5.62. The summed E-state index contributed by atoms with van der Waals surface area (Å²) in [7, 11) is 0. The first-order valence-electron chi connectivity index (χ1n) is 7.66. The van der Waals surface area contributed by atoms with Crippen LogP contribution in [-0.4, -0.2) is 23.9 Å². The van der Waals surface area contributed by atoms with Crippen LogP contribution in [-0.2, 0) is 4.74 Å². The van der Waals surface area contributed by atoms with E-state index in [1.165, 1.54) is 44.9 Å². The number of fused-ring (bicyclic) bond motifs is 1. The van der Waals surface area contributed by atoms with Gasteiger partial charge in [-0.15, -0.1) is 0 Å². The molecule has 17 heavy (non-hydrogen) atoms. The quantitative estimate of drug-likeness (QED) is 0.797. The molecule has 0 aromatic rings. The predicted molar refractivity (Wildman–Crippen MR) is 67.8 cm³/mol. The zero-order valence-corrected chi connectivity index (χ0v) is 10.8. The van der Waals surface area contributed by atoms with Crippen molar-refractivity contribution in [2.45, 2.75) is 70.0 Å². The summed E-state index contributed by atoms with van der Waals surface area (Å²) in [6.07, 6.45) is 11.9. The van der Waals surface area contributed by atoms with Crippen molar-refractivity contribution in [3.63, 3.8) is 0 Å². The van der Waals surface area contributed by atoms with Crippen LogP contribution >= 0.6 is 0 Å². The van der Waals surface area contributed by atoms with Crippen molar-refractivity contribution in [3.05, 3.63) is 0 Å².